The van der Waals surface area contributed by atoms with Crippen LogP contribution in [0.15, 0.2) is 42.7 Å². The lowest BCUT2D eigenvalue weighted by Gasteiger charge is -2.05. The number of hydrogen-bond acceptors (Lipinski definition) is 4. The third-order valence-corrected chi connectivity index (χ3v) is 4.23. The Balaban J connectivity index is 1.54. The number of hydrogen-bond donors (Lipinski definition) is 1. The van der Waals surface area contributed by atoms with Gasteiger partial charge in [0.2, 0.25) is 6.79 Å². The monoisotopic (exact) mass is 337 g/mol. The molecule has 128 valence electrons. The highest BCUT2D eigenvalue weighted by molar-refractivity contribution is 6.06. The van der Waals surface area contributed by atoms with E-state index in [4.69, 9.17) is 9.47 Å². The SMILES string of the molecule is CCCn1cc(C(=O)NCc2ccc3c(c2)OCO3)c2cccnc21. The summed E-state index contributed by atoms with van der Waals surface area (Å²) in [6, 6.07) is 9.47. The van der Waals surface area contributed by atoms with E-state index in [2.05, 4.69) is 17.2 Å². The Kier molecular flexibility index (Phi) is 4.01. The number of aromatic nitrogens is 2. The lowest BCUT2D eigenvalue weighted by molar-refractivity contribution is 0.0952. The molecule has 0 atom stereocenters. The molecule has 1 N–H and O–H groups in total. The quantitative estimate of drug-likeness (QED) is 0.777. The molecule has 0 aliphatic carbocycles. The number of carbonyl (C=O) groups excluding carboxylic acids is 1. The molecule has 25 heavy (non-hydrogen) atoms. The van der Waals surface area contributed by atoms with Crippen molar-refractivity contribution in [1.29, 1.82) is 0 Å². The normalized spacial score (nSPS) is 12.5. The third-order valence-electron chi connectivity index (χ3n) is 4.23. The van der Waals surface area contributed by atoms with Gasteiger partial charge in [0.05, 0.1) is 5.56 Å². The van der Waals surface area contributed by atoms with Crippen molar-refractivity contribution in [2.24, 2.45) is 0 Å². The summed E-state index contributed by atoms with van der Waals surface area (Å²) in [6.45, 7) is 3.61. The lowest BCUT2D eigenvalue weighted by atomic mass is 10.2. The maximum absolute atomic E-state index is 12.7. The molecular formula is C19H19N3O3. The predicted molar refractivity (Wildman–Crippen MR) is 93.8 cm³/mol. The van der Waals surface area contributed by atoms with Crippen molar-refractivity contribution in [3.05, 3.63) is 53.9 Å². The van der Waals surface area contributed by atoms with Crippen LogP contribution < -0.4 is 14.8 Å². The van der Waals surface area contributed by atoms with Crippen molar-refractivity contribution >= 4 is 16.9 Å². The molecule has 2 aromatic heterocycles. The zero-order chi connectivity index (χ0) is 17.2. The summed E-state index contributed by atoms with van der Waals surface area (Å²) in [6.07, 6.45) is 4.62. The molecule has 4 rings (SSSR count). The molecule has 0 saturated heterocycles. The van der Waals surface area contributed by atoms with Gasteiger partial charge in [-0.25, -0.2) is 4.98 Å². The number of nitrogens with zero attached hydrogens (tertiary/aromatic N) is 2. The molecular weight excluding hydrogens is 318 g/mol. The summed E-state index contributed by atoms with van der Waals surface area (Å²) in [5, 5.41) is 3.85. The number of aryl methyl sites for hydroxylation is 1. The van der Waals surface area contributed by atoms with E-state index >= 15 is 0 Å². The van der Waals surface area contributed by atoms with Crippen LogP contribution in [0.25, 0.3) is 11.0 Å². The minimum absolute atomic E-state index is 0.106. The molecule has 6 nitrogen and oxygen atoms in total. The lowest BCUT2D eigenvalue weighted by Crippen LogP contribution is -2.22. The Morgan fingerprint density at radius 1 is 1.28 bits per heavy atom. The summed E-state index contributed by atoms with van der Waals surface area (Å²) >= 11 is 0. The Hall–Kier alpha value is -3.02. The average Bonchev–Trinajstić information content (AvgIpc) is 3.24. The molecule has 0 fully saturated rings. The number of pyridine rings is 1. The molecule has 1 aliphatic heterocycles. The minimum Gasteiger partial charge on any atom is -0.454 e. The van der Waals surface area contributed by atoms with Crippen LogP contribution in [-0.4, -0.2) is 22.3 Å². The number of amides is 1. The van der Waals surface area contributed by atoms with Crippen molar-refractivity contribution in [3.63, 3.8) is 0 Å². The number of ether oxygens (including phenoxy) is 2. The number of rotatable bonds is 5. The van der Waals surface area contributed by atoms with E-state index in [0.29, 0.717) is 12.1 Å². The molecule has 1 amide bonds. The van der Waals surface area contributed by atoms with Crippen LogP contribution >= 0.6 is 0 Å². The Morgan fingerprint density at radius 3 is 3.04 bits per heavy atom. The molecule has 0 bridgehead atoms. The van der Waals surface area contributed by atoms with Crippen LogP contribution in [0.2, 0.25) is 0 Å². The molecule has 0 saturated carbocycles. The molecule has 0 unspecified atom stereocenters. The van der Waals surface area contributed by atoms with Crippen LogP contribution in [0, 0.1) is 0 Å². The molecule has 0 radical (unpaired) electrons. The first kappa shape index (κ1) is 15.5. The van der Waals surface area contributed by atoms with Gasteiger partial charge in [-0.15, -0.1) is 0 Å². The first-order valence-electron chi connectivity index (χ1n) is 8.37. The largest absolute Gasteiger partial charge is 0.454 e. The number of benzene rings is 1. The third kappa shape index (κ3) is 2.91. The fourth-order valence-corrected chi connectivity index (χ4v) is 3.04. The Labute approximate surface area is 145 Å². The van der Waals surface area contributed by atoms with E-state index in [1.54, 1.807) is 6.20 Å². The molecule has 1 aromatic carbocycles. The second-order valence-electron chi connectivity index (χ2n) is 5.98. The first-order chi connectivity index (χ1) is 12.3. The summed E-state index contributed by atoms with van der Waals surface area (Å²) in [5.41, 5.74) is 2.46. The van der Waals surface area contributed by atoms with Gasteiger partial charge in [-0.1, -0.05) is 13.0 Å². The molecule has 1 aliphatic rings. The Bertz CT molecular complexity index is 933. The van der Waals surface area contributed by atoms with Crippen LogP contribution in [0.3, 0.4) is 0 Å². The summed E-state index contributed by atoms with van der Waals surface area (Å²) in [4.78, 5) is 17.1. The number of carbonyl (C=O) groups is 1. The smallest absolute Gasteiger partial charge is 0.253 e. The molecule has 0 spiro atoms. The molecule has 3 heterocycles. The van der Waals surface area contributed by atoms with Gasteiger partial charge in [0, 0.05) is 30.9 Å². The van der Waals surface area contributed by atoms with Crippen LogP contribution in [0.1, 0.15) is 29.3 Å². The van der Waals surface area contributed by atoms with Crippen LogP contribution in [0.4, 0.5) is 0 Å². The van der Waals surface area contributed by atoms with Crippen molar-refractivity contribution in [2.45, 2.75) is 26.4 Å². The zero-order valence-electron chi connectivity index (χ0n) is 14.0. The fourth-order valence-electron chi connectivity index (χ4n) is 3.04. The van der Waals surface area contributed by atoms with E-state index < -0.39 is 0 Å². The van der Waals surface area contributed by atoms with Gasteiger partial charge in [0.15, 0.2) is 11.5 Å². The van der Waals surface area contributed by atoms with Crippen molar-refractivity contribution in [1.82, 2.24) is 14.9 Å². The second-order valence-corrected chi connectivity index (χ2v) is 5.98. The molecule has 6 heteroatoms. The highest BCUT2D eigenvalue weighted by atomic mass is 16.7. The zero-order valence-corrected chi connectivity index (χ0v) is 14.0. The van der Waals surface area contributed by atoms with E-state index in [1.807, 2.05) is 41.1 Å². The van der Waals surface area contributed by atoms with Gasteiger partial charge >= 0.3 is 0 Å². The van der Waals surface area contributed by atoms with Gasteiger partial charge in [-0.3, -0.25) is 4.79 Å². The van der Waals surface area contributed by atoms with Gasteiger partial charge in [0.1, 0.15) is 5.65 Å². The van der Waals surface area contributed by atoms with Crippen LogP contribution in [-0.2, 0) is 13.1 Å². The minimum atomic E-state index is -0.106. The maximum Gasteiger partial charge on any atom is 0.253 e. The summed E-state index contributed by atoms with van der Waals surface area (Å²) in [7, 11) is 0. The average molecular weight is 337 g/mol. The number of fused-ring (bicyclic) bond motifs is 2. The topological polar surface area (TPSA) is 65.4 Å². The van der Waals surface area contributed by atoms with Crippen molar-refractivity contribution in [3.8, 4) is 11.5 Å². The van der Waals surface area contributed by atoms with Gasteiger partial charge in [-0.2, -0.15) is 0 Å². The van der Waals surface area contributed by atoms with E-state index in [1.165, 1.54) is 0 Å². The van der Waals surface area contributed by atoms with E-state index in [-0.39, 0.29) is 12.7 Å². The van der Waals surface area contributed by atoms with E-state index in [9.17, 15) is 4.79 Å². The first-order valence-corrected chi connectivity index (χ1v) is 8.37. The van der Waals surface area contributed by atoms with E-state index in [0.717, 1.165) is 41.1 Å². The highest BCUT2D eigenvalue weighted by Gasteiger charge is 2.16. The van der Waals surface area contributed by atoms with Gasteiger partial charge in [-0.05, 0) is 36.2 Å². The van der Waals surface area contributed by atoms with Crippen molar-refractivity contribution < 1.29 is 14.3 Å². The van der Waals surface area contributed by atoms with Crippen molar-refractivity contribution in [2.75, 3.05) is 6.79 Å². The van der Waals surface area contributed by atoms with Gasteiger partial charge in [0.25, 0.3) is 5.91 Å². The standard InChI is InChI=1S/C19H19N3O3/c1-2-8-22-11-15(14-4-3-7-20-18(14)22)19(23)21-10-13-5-6-16-17(9-13)25-12-24-16/h3-7,9,11H,2,8,10,12H2,1H3,(H,21,23). The van der Waals surface area contributed by atoms with Crippen LogP contribution in [0.5, 0.6) is 11.5 Å². The second kappa shape index (κ2) is 6.47. The summed E-state index contributed by atoms with van der Waals surface area (Å²) in [5.74, 6) is 1.35. The summed E-state index contributed by atoms with van der Waals surface area (Å²) < 4.78 is 12.7. The fraction of sp³-hybridized carbons (Fsp3) is 0.263. The Morgan fingerprint density at radius 2 is 2.16 bits per heavy atom. The highest BCUT2D eigenvalue weighted by Crippen LogP contribution is 2.32. The number of nitrogens with one attached hydrogen (secondary N) is 1. The van der Waals surface area contributed by atoms with Gasteiger partial charge < -0.3 is 19.4 Å². The maximum atomic E-state index is 12.7. The molecule has 3 aromatic rings. The predicted octanol–water partition coefficient (Wildman–Crippen LogP) is 3.11.